The molecular weight excluding hydrogens is 270 g/mol. The zero-order valence-corrected chi connectivity index (χ0v) is 11.2. The second-order valence-electron chi connectivity index (χ2n) is 4.52. The smallest absolute Gasteiger partial charge is 0.270 e. The van der Waals surface area contributed by atoms with Crippen LogP contribution in [0, 0.1) is 17.0 Å². The molecule has 1 saturated heterocycles. The maximum atomic E-state index is 12.2. The van der Waals surface area contributed by atoms with Gasteiger partial charge in [-0.3, -0.25) is 10.1 Å². The molecule has 7 nitrogen and oxygen atoms in total. The van der Waals surface area contributed by atoms with Crippen LogP contribution < -0.4 is 10.0 Å². The van der Waals surface area contributed by atoms with Gasteiger partial charge in [-0.15, -0.1) is 0 Å². The van der Waals surface area contributed by atoms with E-state index in [1.54, 1.807) is 6.92 Å². The van der Waals surface area contributed by atoms with Crippen LogP contribution in [0.15, 0.2) is 23.1 Å². The summed E-state index contributed by atoms with van der Waals surface area (Å²) in [4.78, 5) is 10.1. The number of nitrogens with zero attached hydrogens (tertiary/aromatic N) is 1. The van der Waals surface area contributed by atoms with E-state index in [0.717, 1.165) is 12.6 Å². The van der Waals surface area contributed by atoms with Crippen molar-refractivity contribution in [3.63, 3.8) is 0 Å². The molecule has 1 aromatic rings. The Labute approximate surface area is 111 Å². The van der Waals surface area contributed by atoms with Crippen molar-refractivity contribution in [2.24, 2.45) is 0 Å². The average molecular weight is 285 g/mol. The lowest BCUT2D eigenvalue weighted by molar-refractivity contribution is -0.385. The molecule has 0 aromatic heterocycles. The number of nitro groups is 1. The lowest BCUT2D eigenvalue weighted by Gasteiger charge is -2.13. The van der Waals surface area contributed by atoms with Gasteiger partial charge in [0.25, 0.3) is 5.69 Å². The highest BCUT2D eigenvalue weighted by Gasteiger charge is 2.25. The van der Waals surface area contributed by atoms with Crippen LogP contribution in [-0.4, -0.2) is 32.5 Å². The number of aryl methyl sites for hydroxylation is 1. The van der Waals surface area contributed by atoms with Gasteiger partial charge in [-0.05, 0) is 25.5 Å². The van der Waals surface area contributed by atoms with Crippen molar-refractivity contribution in [3.05, 3.63) is 33.9 Å². The van der Waals surface area contributed by atoms with Crippen molar-refractivity contribution >= 4 is 15.7 Å². The molecule has 0 spiro atoms. The molecule has 1 unspecified atom stereocenters. The number of hydrogen-bond donors (Lipinski definition) is 2. The summed E-state index contributed by atoms with van der Waals surface area (Å²) >= 11 is 0. The van der Waals surface area contributed by atoms with Crippen molar-refractivity contribution in [2.45, 2.75) is 24.3 Å². The third kappa shape index (κ3) is 3.09. The maximum Gasteiger partial charge on any atom is 0.270 e. The second-order valence-corrected chi connectivity index (χ2v) is 6.20. The van der Waals surface area contributed by atoms with Crippen LogP contribution in [0.5, 0.6) is 0 Å². The molecule has 0 saturated carbocycles. The standard InChI is InChI=1S/C11H15N3O4S/c1-8-2-3-10(14(15)16)6-11(8)19(17,18)13-9-4-5-12-7-9/h2-3,6,9,12-13H,4-5,7H2,1H3. The number of benzene rings is 1. The molecular formula is C11H15N3O4S. The van der Waals surface area contributed by atoms with E-state index in [-0.39, 0.29) is 16.6 Å². The van der Waals surface area contributed by atoms with Crippen LogP contribution in [0.4, 0.5) is 5.69 Å². The Kier molecular flexibility index (Phi) is 3.83. The Morgan fingerprint density at radius 1 is 1.47 bits per heavy atom. The Balaban J connectivity index is 2.33. The zero-order valence-electron chi connectivity index (χ0n) is 10.4. The summed E-state index contributed by atoms with van der Waals surface area (Å²) in [6, 6.07) is 3.68. The highest BCUT2D eigenvalue weighted by Crippen LogP contribution is 2.22. The third-order valence-electron chi connectivity index (χ3n) is 3.05. The van der Waals surface area contributed by atoms with Gasteiger partial charge in [-0.2, -0.15) is 0 Å². The van der Waals surface area contributed by atoms with E-state index >= 15 is 0 Å². The van der Waals surface area contributed by atoms with Crippen LogP contribution in [0.25, 0.3) is 0 Å². The van der Waals surface area contributed by atoms with Crippen LogP contribution >= 0.6 is 0 Å². The molecule has 19 heavy (non-hydrogen) atoms. The normalized spacial score (nSPS) is 19.5. The van der Waals surface area contributed by atoms with Gasteiger partial charge in [0.2, 0.25) is 10.0 Å². The summed E-state index contributed by atoms with van der Waals surface area (Å²) in [7, 11) is -3.72. The molecule has 8 heteroatoms. The summed E-state index contributed by atoms with van der Waals surface area (Å²) in [6.45, 7) is 2.96. The van der Waals surface area contributed by atoms with Crippen molar-refractivity contribution in [1.82, 2.24) is 10.0 Å². The third-order valence-corrected chi connectivity index (χ3v) is 4.72. The molecule has 0 aliphatic carbocycles. The summed E-state index contributed by atoms with van der Waals surface area (Å²) < 4.78 is 27.0. The fourth-order valence-electron chi connectivity index (χ4n) is 2.03. The van der Waals surface area contributed by atoms with Gasteiger partial charge in [0.15, 0.2) is 0 Å². The molecule has 1 aromatic carbocycles. The highest BCUT2D eigenvalue weighted by molar-refractivity contribution is 7.89. The topological polar surface area (TPSA) is 101 Å². The van der Waals surface area contributed by atoms with Crippen molar-refractivity contribution < 1.29 is 13.3 Å². The molecule has 1 fully saturated rings. The molecule has 2 N–H and O–H groups in total. The number of rotatable bonds is 4. The van der Waals surface area contributed by atoms with E-state index in [2.05, 4.69) is 10.0 Å². The summed E-state index contributed by atoms with van der Waals surface area (Å²) in [6.07, 6.45) is 0.715. The molecule has 0 radical (unpaired) electrons. The van der Waals surface area contributed by atoms with Crippen molar-refractivity contribution in [3.8, 4) is 0 Å². The average Bonchev–Trinajstić information content (AvgIpc) is 2.81. The lowest BCUT2D eigenvalue weighted by atomic mass is 10.2. The van der Waals surface area contributed by atoms with Gasteiger partial charge >= 0.3 is 0 Å². The maximum absolute atomic E-state index is 12.2. The fraction of sp³-hybridized carbons (Fsp3) is 0.455. The van der Waals surface area contributed by atoms with E-state index in [9.17, 15) is 18.5 Å². The summed E-state index contributed by atoms with van der Waals surface area (Å²) in [5.41, 5.74) is 0.263. The molecule has 2 rings (SSSR count). The van der Waals surface area contributed by atoms with E-state index in [1.165, 1.54) is 12.1 Å². The molecule has 1 aliphatic heterocycles. The predicted molar refractivity (Wildman–Crippen MR) is 69.4 cm³/mol. The van der Waals surface area contributed by atoms with Gasteiger partial charge in [-0.25, -0.2) is 13.1 Å². The lowest BCUT2D eigenvalue weighted by Crippen LogP contribution is -2.36. The first-order valence-corrected chi connectivity index (χ1v) is 7.36. The monoisotopic (exact) mass is 285 g/mol. The van der Waals surface area contributed by atoms with E-state index in [4.69, 9.17) is 0 Å². The Morgan fingerprint density at radius 3 is 2.79 bits per heavy atom. The predicted octanol–water partition coefficient (Wildman–Crippen LogP) is 0.543. The quantitative estimate of drug-likeness (QED) is 0.621. The Hall–Kier alpha value is -1.51. The number of hydrogen-bond acceptors (Lipinski definition) is 5. The number of nitro benzene ring substituents is 1. The van der Waals surface area contributed by atoms with Gasteiger partial charge in [0, 0.05) is 24.7 Å². The molecule has 1 aliphatic rings. The first-order chi connectivity index (χ1) is 8.90. The van der Waals surface area contributed by atoms with Crippen LogP contribution in [-0.2, 0) is 10.0 Å². The molecule has 0 bridgehead atoms. The van der Waals surface area contributed by atoms with Crippen LogP contribution in [0.1, 0.15) is 12.0 Å². The van der Waals surface area contributed by atoms with Crippen molar-refractivity contribution in [2.75, 3.05) is 13.1 Å². The minimum absolute atomic E-state index is 0.0337. The number of nitrogens with one attached hydrogen (secondary N) is 2. The Morgan fingerprint density at radius 2 is 2.21 bits per heavy atom. The van der Waals surface area contributed by atoms with E-state index in [0.29, 0.717) is 18.5 Å². The zero-order chi connectivity index (χ0) is 14.0. The molecule has 0 amide bonds. The largest absolute Gasteiger partial charge is 0.315 e. The van der Waals surface area contributed by atoms with E-state index in [1.807, 2.05) is 0 Å². The highest BCUT2D eigenvalue weighted by atomic mass is 32.2. The van der Waals surface area contributed by atoms with Gasteiger partial charge in [0.05, 0.1) is 9.82 Å². The number of non-ortho nitro benzene ring substituents is 1. The number of sulfonamides is 1. The summed E-state index contributed by atoms with van der Waals surface area (Å²) in [5.74, 6) is 0. The van der Waals surface area contributed by atoms with Crippen molar-refractivity contribution in [1.29, 1.82) is 0 Å². The van der Waals surface area contributed by atoms with Crippen LogP contribution in [0.3, 0.4) is 0 Å². The molecule has 1 heterocycles. The molecule has 104 valence electrons. The van der Waals surface area contributed by atoms with Gasteiger partial charge < -0.3 is 5.32 Å². The fourth-order valence-corrected chi connectivity index (χ4v) is 3.56. The first kappa shape index (κ1) is 13.9. The molecule has 1 atom stereocenters. The Bertz CT molecular complexity index is 594. The second kappa shape index (κ2) is 5.24. The van der Waals surface area contributed by atoms with Gasteiger partial charge in [-0.1, -0.05) is 6.07 Å². The first-order valence-electron chi connectivity index (χ1n) is 5.88. The van der Waals surface area contributed by atoms with E-state index < -0.39 is 14.9 Å². The van der Waals surface area contributed by atoms with Crippen LogP contribution in [0.2, 0.25) is 0 Å². The van der Waals surface area contributed by atoms with Gasteiger partial charge in [0.1, 0.15) is 0 Å². The minimum Gasteiger partial charge on any atom is -0.315 e. The SMILES string of the molecule is Cc1ccc([N+](=O)[O-])cc1S(=O)(=O)NC1CCNC1. The summed E-state index contributed by atoms with van der Waals surface area (Å²) in [5, 5.41) is 13.8. The minimum atomic E-state index is -3.72.